The van der Waals surface area contributed by atoms with Crippen molar-refractivity contribution in [2.45, 2.75) is 44.4 Å². The molecule has 0 aliphatic carbocycles. The van der Waals surface area contributed by atoms with Crippen LogP contribution in [0.15, 0.2) is 18.3 Å². The second-order valence-electron chi connectivity index (χ2n) is 9.71. The average Bonchev–Trinajstić information content (AvgIpc) is 3.50. The molecule has 0 radical (unpaired) electrons. The van der Waals surface area contributed by atoms with Gasteiger partial charge in [-0.05, 0) is 31.7 Å². The highest BCUT2D eigenvalue weighted by atomic mass is 19.3. The summed E-state index contributed by atoms with van der Waals surface area (Å²) in [5.74, 6) is 1.19. The molecular formula is C23H28F2N6O3. The van der Waals surface area contributed by atoms with Crippen LogP contribution in [0.1, 0.15) is 25.7 Å². The highest BCUT2D eigenvalue weighted by Gasteiger charge is 2.42. The summed E-state index contributed by atoms with van der Waals surface area (Å²) in [5, 5.41) is 0. The number of rotatable bonds is 5. The van der Waals surface area contributed by atoms with Crippen molar-refractivity contribution in [1.29, 1.82) is 0 Å². The molecule has 5 aliphatic heterocycles. The third-order valence-corrected chi connectivity index (χ3v) is 7.48. The normalized spacial score (nSPS) is 28.4. The Labute approximate surface area is 196 Å². The van der Waals surface area contributed by atoms with E-state index in [0.29, 0.717) is 23.8 Å². The summed E-state index contributed by atoms with van der Waals surface area (Å²) in [7, 11) is 0. The molecule has 2 aromatic rings. The first-order chi connectivity index (χ1) is 16.5. The molecule has 0 saturated carbocycles. The topological polar surface area (TPSA) is 98.9 Å². The number of hydrogen-bond donors (Lipinski definition) is 1. The molecule has 182 valence electrons. The van der Waals surface area contributed by atoms with Gasteiger partial charge in [-0.25, -0.2) is 9.97 Å². The van der Waals surface area contributed by atoms with E-state index < -0.39 is 6.61 Å². The van der Waals surface area contributed by atoms with E-state index in [1.807, 2.05) is 6.07 Å². The first-order valence-electron chi connectivity index (χ1n) is 11.8. The van der Waals surface area contributed by atoms with Crippen LogP contribution in [0, 0.1) is 5.41 Å². The van der Waals surface area contributed by atoms with Gasteiger partial charge in [0.25, 0.3) is 0 Å². The molecule has 34 heavy (non-hydrogen) atoms. The number of pyridine rings is 1. The van der Waals surface area contributed by atoms with Crippen molar-refractivity contribution in [3.8, 4) is 17.0 Å². The van der Waals surface area contributed by atoms with Crippen LogP contribution in [-0.4, -0.2) is 73.2 Å². The zero-order valence-corrected chi connectivity index (χ0v) is 18.8. The average molecular weight is 475 g/mol. The number of piperidine rings is 1. The molecule has 0 aromatic carbocycles. The lowest BCUT2D eigenvalue weighted by Crippen LogP contribution is -2.55. The maximum atomic E-state index is 12.9. The summed E-state index contributed by atoms with van der Waals surface area (Å²) in [6, 6.07) is 3.62. The quantitative estimate of drug-likeness (QED) is 0.701. The minimum Gasteiger partial charge on any atom is -0.431 e. The molecule has 7 rings (SSSR count). The summed E-state index contributed by atoms with van der Waals surface area (Å²) in [5.41, 5.74) is 7.05. The predicted octanol–water partition coefficient (Wildman–Crippen LogP) is 2.71. The Bertz CT molecular complexity index is 1060. The number of fused-ring (bicyclic) bond motifs is 3. The van der Waals surface area contributed by atoms with Crippen molar-refractivity contribution in [2.75, 3.05) is 55.0 Å². The Kier molecular flexibility index (Phi) is 5.40. The molecule has 5 aliphatic rings. The van der Waals surface area contributed by atoms with Crippen molar-refractivity contribution in [3.63, 3.8) is 0 Å². The molecule has 3 atom stereocenters. The van der Waals surface area contributed by atoms with Crippen molar-refractivity contribution >= 4 is 17.6 Å². The third-order valence-electron chi connectivity index (χ3n) is 7.48. The van der Waals surface area contributed by atoms with E-state index in [-0.39, 0.29) is 29.1 Å². The number of anilines is 3. The molecule has 2 N–H and O–H groups in total. The van der Waals surface area contributed by atoms with Crippen LogP contribution in [0.3, 0.4) is 0 Å². The van der Waals surface area contributed by atoms with Crippen LogP contribution < -0.4 is 20.3 Å². The number of halogens is 2. The maximum absolute atomic E-state index is 12.9. The smallest absolute Gasteiger partial charge is 0.387 e. The number of ether oxygens (including phenoxy) is 3. The molecule has 2 bridgehead atoms. The van der Waals surface area contributed by atoms with Gasteiger partial charge in [0, 0.05) is 49.5 Å². The highest BCUT2D eigenvalue weighted by molar-refractivity contribution is 5.68. The zero-order chi connectivity index (χ0) is 23.3. The molecule has 7 heterocycles. The number of aromatic nitrogens is 3. The molecule has 2 aromatic heterocycles. The lowest BCUT2D eigenvalue weighted by molar-refractivity contribution is -0.0494. The summed E-state index contributed by atoms with van der Waals surface area (Å²) in [4.78, 5) is 18.4. The van der Waals surface area contributed by atoms with Gasteiger partial charge in [-0.15, -0.1) is 0 Å². The van der Waals surface area contributed by atoms with Gasteiger partial charge in [0.15, 0.2) is 11.6 Å². The Morgan fingerprint density at radius 3 is 2.82 bits per heavy atom. The second kappa shape index (κ2) is 8.46. The standard InChI is InChI=1S/C23H28F2N6O3/c24-21(25)34-18-7-14(9-27-20(18)26)17-8-19(31-10-16-2-1-15(31)11-33-16)29-22(28-17)30-5-3-23(12-30)4-6-32-13-23/h7-9,15-16,21H,1-6,10-13H2,(H2,26,27)/t15-,16-,23?/m0/s1. The molecular weight excluding hydrogens is 446 g/mol. The Morgan fingerprint density at radius 2 is 2.12 bits per heavy atom. The molecule has 1 unspecified atom stereocenters. The highest BCUT2D eigenvalue weighted by Crippen LogP contribution is 2.41. The van der Waals surface area contributed by atoms with E-state index in [4.69, 9.17) is 25.2 Å². The van der Waals surface area contributed by atoms with Crippen molar-refractivity contribution in [2.24, 2.45) is 5.41 Å². The van der Waals surface area contributed by atoms with Crippen LogP contribution >= 0.6 is 0 Å². The maximum Gasteiger partial charge on any atom is 0.387 e. The van der Waals surface area contributed by atoms with E-state index in [0.717, 1.165) is 64.3 Å². The minimum absolute atomic E-state index is 0.0910. The molecule has 5 saturated heterocycles. The molecule has 0 amide bonds. The van der Waals surface area contributed by atoms with Gasteiger partial charge in [0.2, 0.25) is 5.95 Å². The Morgan fingerprint density at radius 1 is 1.21 bits per heavy atom. The first kappa shape index (κ1) is 21.7. The summed E-state index contributed by atoms with van der Waals surface area (Å²) in [6.07, 6.45) is 5.91. The van der Waals surface area contributed by atoms with Gasteiger partial charge >= 0.3 is 6.61 Å². The number of alkyl halides is 2. The van der Waals surface area contributed by atoms with E-state index >= 15 is 0 Å². The monoisotopic (exact) mass is 474 g/mol. The van der Waals surface area contributed by atoms with Crippen molar-refractivity contribution in [1.82, 2.24) is 15.0 Å². The van der Waals surface area contributed by atoms with Crippen LogP contribution in [0.25, 0.3) is 11.3 Å². The molecule has 1 spiro atoms. The van der Waals surface area contributed by atoms with E-state index in [1.165, 1.54) is 12.3 Å². The van der Waals surface area contributed by atoms with Gasteiger partial charge in [-0.3, -0.25) is 0 Å². The second-order valence-corrected chi connectivity index (χ2v) is 9.71. The molecule has 11 heteroatoms. The number of hydrogen-bond acceptors (Lipinski definition) is 9. The van der Waals surface area contributed by atoms with Gasteiger partial charge in [-0.1, -0.05) is 0 Å². The number of nitrogens with zero attached hydrogens (tertiary/aromatic N) is 5. The number of nitrogen functional groups attached to an aromatic ring is 1. The molecule has 5 fully saturated rings. The number of nitrogens with two attached hydrogens (primary N) is 1. The zero-order valence-electron chi connectivity index (χ0n) is 18.8. The van der Waals surface area contributed by atoms with E-state index in [9.17, 15) is 8.78 Å². The third kappa shape index (κ3) is 4.00. The van der Waals surface area contributed by atoms with Crippen LogP contribution in [0.5, 0.6) is 5.75 Å². The van der Waals surface area contributed by atoms with Crippen LogP contribution in [0.2, 0.25) is 0 Å². The van der Waals surface area contributed by atoms with Gasteiger partial charge in [0.05, 0.1) is 31.1 Å². The van der Waals surface area contributed by atoms with Crippen LogP contribution in [0.4, 0.5) is 26.4 Å². The summed E-state index contributed by atoms with van der Waals surface area (Å²) < 4.78 is 41.9. The predicted molar refractivity (Wildman–Crippen MR) is 121 cm³/mol. The van der Waals surface area contributed by atoms with Crippen molar-refractivity contribution in [3.05, 3.63) is 18.3 Å². The SMILES string of the molecule is Nc1ncc(-c2cc(N3C[C@@H]4CC[C@H]3CO4)nc(N3CCC4(CCOC4)C3)n2)cc1OC(F)F. The van der Waals surface area contributed by atoms with Crippen LogP contribution in [-0.2, 0) is 9.47 Å². The van der Waals surface area contributed by atoms with Gasteiger partial charge < -0.3 is 29.7 Å². The Hall–Kier alpha value is -2.79. The fourth-order valence-corrected chi connectivity index (χ4v) is 5.55. The fourth-order valence-electron chi connectivity index (χ4n) is 5.55. The van der Waals surface area contributed by atoms with E-state index in [1.54, 1.807) is 0 Å². The summed E-state index contributed by atoms with van der Waals surface area (Å²) >= 11 is 0. The van der Waals surface area contributed by atoms with E-state index in [2.05, 4.69) is 19.5 Å². The first-order valence-corrected chi connectivity index (χ1v) is 11.8. The lowest BCUT2D eigenvalue weighted by atomic mass is 9.87. The van der Waals surface area contributed by atoms with Crippen molar-refractivity contribution < 1.29 is 23.0 Å². The largest absolute Gasteiger partial charge is 0.431 e. The fraction of sp³-hybridized carbons (Fsp3) is 0.609. The van der Waals surface area contributed by atoms with Gasteiger partial charge in [0.1, 0.15) is 5.82 Å². The van der Waals surface area contributed by atoms with Gasteiger partial charge in [-0.2, -0.15) is 13.8 Å². The number of morpholine rings is 1. The minimum atomic E-state index is -2.99. The summed E-state index contributed by atoms with van der Waals surface area (Å²) in [6.45, 7) is 1.71. The Balaban J connectivity index is 1.38. The lowest BCUT2D eigenvalue weighted by Gasteiger charge is -2.45. The molecule has 9 nitrogen and oxygen atoms in total.